The zero-order valence-electron chi connectivity index (χ0n) is 11.4. The summed E-state index contributed by atoms with van der Waals surface area (Å²) in [7, 11) is 0. The van der Waals surface area contributed by atoms with Crippen molar-refractivity contribution in [2.75, 3.05) is 13.1 Å². The van der Waals surface area contributed by atoms with Gasteiger partial charge in [-0.25, -0.2) is 0 Å². The topological polar surface area (TPSA) is 46.3 Å². The van der Waals surface area contributed by atoms with Crippen LogP contribution in [0.5, 0.6) is 0 Å². The summed E-state index contributed by atoms with van der Waals surface area (Å²) in [5.41, 5.74) is 9.17. The van der Waals surface area contributed by atoms with Crippen LogP contribution in [0.1, 0.15) is 34.8 Å². The van der Waals surface area contributed by atoms with Crippen molar-refractivity contribution in [1.29, 1.82) is 0 Å². The first-order valence-corrected chi connectivity index (χ1v) is 6.61. The lowest BCUT2D eigenvalue weighted by Gasteiger charge is -2.35. The van der Waals surface area contributed by atoms with Crippen LogP contribution in [0.4, 0.5) is 0 Å². The minimum Gasteiger partial charge on any atom is -0.338 e. The highest BCUT2D eigenvalue weighted by Crippen LogP contribution is 2.18. The van der Waals surface area contributed by atoms with Crippen molar-refractivity contribution >= 4 is 5.91 Å². The second-order valence-electron chi connectivity index (χ2n) is 5.48. The molecule has 3 nitrogen and oxygen atoms in total. The molecule has 1 heterocycles. The normalized spacial score (nSPS) is 24.1. The molecule has 1 aromatic carbocycles. The van der Waals surface area contributed by atoms with Crippen molar-refractivity contribution in [2.24, 2.45) is 11.7 Å². The standard InChI is InChI=1S/C15H22N2O/c1-10-4-5-13(8-11(10)2)15(18)17-7-6-14(16)12(3)9-17/h4-5,8,12,14H,6-7,9,16H2,1-3H3. The Morgan fingerprint density at radius 1 is 1.33 bits per heavy atom. The molecule has 2 unspecified atom stereocenters. The molecule has 0 bridgehead atoms. The number of amides is 1. The highest BCUT2D eigenvalue weighted by atomic mass is 16.2. The van der Waals surface area contributed by atoms with Gasteiger partial charge < -0.3 is 10.6 Å². The maximum Gasteiger partial charge on any atom is 0.253 e. The molecule has 1 aliphatic heterocycles. The minimum absolute atomic E-state index is 0.136. The molecule has 2 N–H and O–H groups in total. The summed E-state index contributed by atoms with van der Waals surface area (Å²) < 4.78 is 0. The molecule has 2 rings (SSSR count). The molecule has 0 radical (unpaired) electrons. The SMILES string of the molecule is Cc1ccc(C(=O)N2CCC(N)C(C)C2)cc1C. The van der Waals surface area contributed by atoms with E-state index in [2.05, 4.69) is 13.8 Å². The van der Waals surface area contributed by atoms with Gasteiger partial charge in [0.15, 0.2) is 0 Å². The summed E-state index contributed by atoms with van der Waals surface area (Å²) >= 11 is 0. The van der Waals surface area contributed by atoms with Crippen molar-refractivity contribution in [3.05, 3.63) is 34.9 Å². The van der Waals surface area contributed by atoms with Crippen LogP contribution in [0.25, 0.3) is 0 Å². The molecule has 2 atom stereocenters. The third-order valence-corrected chi connectivity index (χ3v) is 4.01. The van der Waals surface area contributed by atoms with Gasteiger partial charge in [-0.05, 0) is 49.4 Å². The second kappa shape index (κ2) is 5.11. The average molecular weight is 246 g/mol. The van der Waals surface area contributed by atoms with E-state index in [1.54, 1.807) is 0 Å². The number of nitrogens with two attached hydrogens (primary N) is 1. The second-order valence-corrected chi connectivity index (χ2v) is 5.48. The Morgan fingerprint density at radius 3 is 2.67 bits per heavy atom. The summed E-state index contributed by atoms with van der Waals surface area (Å²) in [6.07, 6.45) is 0.901. The molecule has 0 spiro atoms. The van der Waals surface area contributed by atoms with Crippen molar-refractivity contribution in [1.82, 2.24) is 4.90 Å². The van der Waals surface area contributed by atoms with E-state index >= 15 is 0 Å². The Bertz CT molecular complexity index is 456. The summed E-state index contributed by atoms with van der Waals surface area (Å²) in [5.74, 6) is 0.520. The van der Waals surface area contributed by atoms with E-state index in [1.807, 2.05) is 30.0 Å². The Hall–Kier alpha value is -1.35. The molecule has 1 aromatic rings. The fourth-order valence-electron chi connectivity index (χ4n) is 2.41. The van der Waals surface area contributed by atoms with Gasteiger partial charge in [0.2, 0.25) is 0 Å². The fourth-order valence-corrected chi connectivity index (χ4v) is 2.41. The maximum atomic E-state index is 12.4. The number of hydrogen-bond donors (Lipinski definition) is 1. The summed E-state index contributed by atoms with van der Waals surface area (Å²) in [6.45, 7) is 7.76. The Balaban J connectivity index is 2.14. The highest BCUT2D eigenvalue weighted by Gasteiger charge is 2.26. The van der Waals surface area contributed by atoms with Crippen LogP contribution in [0.15, 0.2) is 18.2 Å². The third-order valence-electron chi connectivity index (χ3n) is 4.01. The van der Waals surface area contributed by atoms with E-state index < -0.39 is 0 Å². The summed E-state index contributed by atoms with van der Waals surface area (Å²) in [6, 6.07) is 6.15. The number of carbonyl (C=O) groups is 1. The van der Waals surface area contributed by atoms with Crippen LogP contribution < -0.4 is 5.73 Å². The summed E-state index contributed by atoms with van der Waals surface area (Å²) in [4.78, 5) is 14.3. The molecule has 1 aliphatic rings. The first kappa shape index (κ1) is 13.1. The van der Waals surface area contributed by atoms with E-state index in [0.717, 1.165) is 25.1 Å². The van der Waals surface area contributed by atoms with Gasteiger partial charge >= 0.3 is 0 Å². The molecule has 1 saturated heterocycles. The molecule has 3 heteroatoms. The molecule has 0 saturated carbocycles. The molecular formula is C15H22N2O. The number of likely N-dealkylation sites (tertiary alicyclic amines) is 1. The number of benzene rings is 1. The van der Waals surface area contributed by atoms with Crippen LogP contribution in [-0.4, -0.2) is 29.9 Å². The van der Waals surface area contributed by atoms with Gasteiger partial charge in [0.25, 0.3) is 5.91 Å². The van der Waals surface area contributed by atoms with Crippen LogP contribution in [0.3, 0.4) is 0 Å². The van der Waals surface area contributed by atoms with Crippen molar-refractivity contribution in [2.45, 2.75) is 33.2 Å². The van der Waals surface area contributed by atoms with E-state index in [4.69, 9.17) is 5.73 Å². The van der Waals surface area contributed by atoms with Gasteiger partial charge in [-0.2, -0.15) is 0 Å². The lowest BCUT2D eigenvalue weighted by Crippen LogP contribution is -2.48. The zero-order chi connectivity index (χ0) is 13.3. The average Bonchev–Trinajstić information content (AvgIpc) is 2.35. The zero-order valence-corrected chi connectivity index (χ0v) is 11.4. The van der Waals surface area contributed by atoms with Crippen LogP contribution >= 0.6 is 0 Å². The lowest BCUT2D eigenvalue weighted by molar-refractivity contribution is 0.0664. The predicted octanol–water partition coefficient (Wildman–Crippen LogP) is 2.11. The quantitative estimate of drug-likeness (QED) is 0.825. The van der Waals surface area contributed by atoms with E-state index in [9.17, 15) is 4.79 Å². The Labute approximate surface area is 109 Å². The molecule has 1 fully saturated rings. The molecule has 1 amide bonds. The van der Waals surface area contributed by atoms with Crippen molar-refractivity contribution < 1.29 is 4.79 Å². The van der Waals surface area contributed by atoms with Crippen LogP contribution in [0.2, 0.25) is 0 Å². The largest absolute Gasteiger partial charge is 0.338 e. The number of carbonyl (C=O) groups excluding carboxylic acids is 1. The fraction of sp³-hybridized carbons (Fsp3) is 0.533. The molecular weight excluding hydrogens is 224 g/mol. The van der Waals surface area contributed by atoms with Gasteiger partial charge in [0.1, 0.15) is 0 Å². The van der Waals surface area contributed by atoms with E-state index in [1.165, 1.54) is 11.1 Å². The molecule has 0 aromatic heterocycles. The lowest BCUT2D eigenvalue weighted by atomic mass is 9.94. The predicted molar refractivity (Wildman–Crippen MR) is 73.6 cm³/mol. The van der Waals surface area contributed by atoms with Gasteiger partial charge in [0.05, 0.1) is 0 Å². The van der Waals surface area contributed by atoms with E-state index in [-0.39, 0.29) is 11.9 Å². The number of hydrogen-bond acceptors (Lipinski definition) is 2. The summed E-state index contributed by atoms with van der Waals surface area (Å²) in [5, 5.41) is 0. The molecule has 0 aliphatic carbocycles. The van der Waals surface area contributed by atoms with Gasteiger partial charge in [-0.3, -0.25) is 4.79 Å². The molecule has 98 valence electrons. The third kappa shape index (κ3) is 2.56. The van der Waals surface area contributed by atoms with Crippen molar-refractivity contribution in [3.63, 3.8) is 0 Å². The number of rotatable bonds is 1. The first-order chi connectivity index (χ1) is 8.49. The van der Waals surface area contributed by atoms with Gasteiger partial charge in [-0.15, -0.1) is 0 Å². The van der Waals surface area contributed by atoms with Gasteiger partial charge in [-0.1, -0.05) is 13.0 Å². The monoisotopic (exact) mass is 246 g/mol. The minimum atomic E-state index is 0.136. The Kier molecular flexibility index (Phi) is 3.71. The highest BCUT2D eigenvalue weighted by molar-refractivity contribution is 5.94. The van der Waals surface area contributed by atoms with Crippen molar-refractivity contribution in [3.8, 4) is 0 Å². The smallest absolute Gasteiger partial charge is 0.253 e. The van der Waals surface area contributed by atoms with Crippen LogP contribution in [0, 0.1) is 19.8 Å². The Morgan fingerprint density at radius 2 is 2.06 bits per heavy atom. The van der Waals surface area contributed by atoms with Crippen LogP contribution in [-0.2, 0) is 0 Å². The van der Waals surface area contributed by atoms with Gasteiger partial charge in [0, 0.05) is 24.7 Å². The molecule has 18 heavy (non-hydrogen) atoms. The first-order valence-electron chi connectivity index (χ1n) is 6.61. The number of nitrogens with zero attached hydrogens (tertiary/aromatic N) is 1. The number of aryl methyl sites for hydroxylation is 2. The van der Waals surface area contributed by atoms with E-state index in [0.29, 0.717) is 5.92 Å². The number of piperidine rings is 1. The maximum absolute atomic E-state index is 12.4.